The van der Waals surface area contributed by atoms with Gasteiger partial charge in [-0.3, -0.25) is 30.1 Å². The summed E-state index contributed by atoms with van der Waals surface area (Å²) in [7, 11) is 1.62. The number of aromatic nitrogens is 3. The lowest BCUT2D eigenvalue weighted by Crippen LogP contribution is -2.42. The summed E-state index contributed by atoms with van der Waals surface area (Å²) in [5.41, 5.74) is 5.43. The van der Waals surface area contributed by atoms with Crippen LogP contribution in [0.5, 0.6) is 0 Å². The molecule has 2 rings (SSSR count). The van der Waals surface area contributed by atoms with Crippen LogP contribution < -0.4 is 10.9 Å². The number of nitrogens with zero attached hydrogens (tertiary/aromatic N) is 3. The SMILES string of the molecule is Cc1nn(C)c(Cl)c1C(=O)NNC(=O)c1ccccn1. The molecule has 2 amide bonds. The number of hydrogen-bond acceptors (Lipinski definition) is 4. The van der Waals surface area contributed by atoms with Crippen LogP contribution in [0.25, 0.3) is 0 Å². The van der Waals surface area contributed by atoms with Gasteiger partial charge in [0.1, 0.15) is 16.4 Å². The molecule has 0 saturated carbocycles. The molecule has 2 N–H and O–H groups in total. The highest BCUT2D eigenvalue weighted by Gasteiger charge is 2.19. The van der Waals surface area contributed by atoms with Gasteiger partial charge in [0.15, 0.2) is 0 Å². The van der Waals surface area contributed by atoms with E-state index in [4.69, 9.17) is 11.6 Å². The summed E-state index contributed by atoms with van der Waals surface area (Å²) in [6.45, 7) is 1.65. The van der Waals surface area contributed by atoms with E-state index >= 15 is 0 Å². The van der Waals surface area contributed by atoms with Gasteiger partial charge in [0.2, 0.25) is 0 Å². The van der Waals surface area contributed by atoms with Crippen molar-refractivity contribution in [1.82, 2.24) is 25.6 Å². The molecule has 0 aromatic carbocycles. The summed E-state index contributed by atoms with van der Waals surface area (Å²) < 4.78 is 1.38. The zero-order valence-electron chi connectivity index (χ0n) is 10.8. The number of pyridine rings is 1. The van der Waals surface area contributed by atoms with Gasteiger partial charge in [0.25, 0.3) is 11.8 Å². The number of amides is 2. The summed E-state index contributed by atoms with van der Waals surface area (Å²) in [6.07, 6.45) is 1.48. The van der Waals surface area contributed by atoms with E-state index in [2.05, 4.69) is 20.9 Å². The molecule has 0 aliphatic heterocycles. The molecule has 2 heterocycles. The second-order valence-corrected chi connectivity index (χ2v) is 4.36. The van der Waals surface area contributed by atoms with Crippen LogP contribution in [-0.2, 0) is 7.05 Å². The van der Waals surface area contributed by atoms with Crippen molar-refractivity contribution in [3.8, 4) is 0 Å². The Morgan fingerprint density at radius 2 is 1.95 bits per heavy atom. The number of nitrogens with one attached hydrogen (secondary N) is 2. The molecule has 2 aromatic rings. The van der Waals surface area contributed by atoms with Crippen molar-refractivity contribution >= 4 is 23.4 Å². The first kappa shape index (κ1) is 14.0. The van der Waals surface area contributed by atoms with E-state index in [1.54, 1.807) is 26.1 Å². The number of rotatable bonds is 2. The van der Waals surface area contributed by atoms with Gasteiger partial charge >= 0.3 is 0 Å². The molecule has 2 aromatic heterocycles. The standard InChI is InChI=1S/C12H12ClN5O2/c1-7-9(10(13)18(2)17-7)12(20)16-15-11(19)8-5-3-4-6-14-8/h3-6H,1-2H3,(H,15,19)(H,16,20). The fraction of sp³-hybridized carbons (Fsp3) is 0.167. The predicted octanol–water partition coefficient (Wildman–Crippen LogP) is 0.852. The first-order chi connectivity index (χ1) is 9.50. The molecule has 0 bridgehead atoms. The van der Waals surface area contributed by atoms with Crippen LogP contribution in [0.2, 0.25) is 5.15 Å². The number of carbonyl (C=O) groups is 2. The molecule has 0 aliphatic rings. The van der Waals surface area contributed by atoms with E-state index < -0.39 is 11.8 Å². The van der Waals surface area contributed by atoms with E-state index in [1.165, 1.54) is 16.9 Å². The van der Waals surface area contributed by atoms with Gasteiger partial charge in [0, 0.05) is 13.2 Å². The van der Waals surface area contributed by atoms with E-state index in [9.17, 15) is 9.59 Å². The molecule has 104 valence electrons. The molecular formula is C12H12ClN5O2. The quantitative estimate of drug-likeness (QED) is 0.804. The number of aryl methyl sites for hydroxylation is 2. The van der Waals surface area contributed by atoms with Gasteiger partial charge in [0.05, 0.1) is 5.69 Å². The average molecular weight is 294 g/mol. The van der Waals surface area contributed by atoms with Crippen LogP contribution in [0.4, 0.5) is 0 Å². The van der Waals surface area contributed by atoms with Crippen molar-refractivity contribution in [2.45, 2.75) is 6.92 Å². The highest BCUT2D eigenvalue weighted by molar-refractivity contribution is 6.33. The lowest BCUT2D eigenvalue weighted by atomic mass is 10.2. The molecule has 0 fully saturated rings. The Labute approximate surface area is 119 Å². The zero-order valence-corrected chi connectivity index (χ0v) is 11.6. The van der Waals surface area contributed by atoms with Crippen molar-refractivity contribution in [3.05, 3.63) is 46.5 Å². The molecular weight excluding hydrogens is 282 g/mol. The molecule has 0 radical (unpaired) electrons. The number of hydrazine groups is 1. The Bertz CT molecular complexity index is 653. The second kappa shape index (κ2) is 5.70. The predicted molar refractivity (Wildman–Crippen MR) is 72.1 cm³/mol. The van der Waals surface area contributed by atoms with Crippen LogP contribution in [0.1, 0.15) is 26.5 Å². The lowest BCUT2D eigenvalue weighted by molar-refractivity contribution is 0.0843. The maximum Gasteiger partial charge on any atom is 0.288 e. The van der Waals surface area contributed by atoms with E-state index in [0.29, 0.717) is 5.69 Å². The Hall–Kier alpha value is -2.41. The van der Waals surface area contributed by atoms with Crippen molar-refractivity contribution in [2.24, 2.45) is 7.05 Å². The monoisotopic (exact) mass is 293 g/mol. The number of halogens is 1. The first-order valence-corrected chi connectivity index (χ1v) is 6.09. The molecule has 0 spiro atoms. The minimum absolute atomic E-state index is 0.196. The van der Waals surface area contributed by atoms with Gasteiger partial charge in [-0.2, -0.15) is 5.10 Å². The summed E-state index contributed by atoms with van der Waals surface area (Å²) in [5, 5.41) is 4.22. The first-order valence-electron chi connectivity index (χ1n) is 5.71. The third-order valence-electron chi connectivity index (χ3n) is 2.57. The van der Waals surface area contributed by atoms with E-state index in [0.717, 1.165) is 0 Å². The van der Waals surface area contributed by atoms with Crippen LogP contribution in [0, 0.1) is 6.92 Å². The minimum Gasteiger partial charge on any atom is -0.267 e. The Balaban J connectivity index is 2.04. The van der Waals surface area contributed by atoms with Gasteiger partial charge in [-0.05, 0) is 19.1 Å². The van der Waals surface area contributed by atoms with E-state index in [1.807, 2.05) is 0 Å². The smallest absolute Gasteiger partial charge is 0.267 e. The summed E-state index contributed by atoms with van der Waals surface area (Å²) in [4.78, 5) is 27.5. The molecule has 0 unspecified atom stereocenters. The fourth-order valence-corrected chi connectivity index (χ4v) is 1.89. The van der Waals surface area contributed by atoms with Gasteiger partial charge in [-0.15, -0.1) is 0 Å². The van der Waals surface area contributed by atoms with Crippen LogP contribution >= 0.6 is 11.6 Å². The largest absolute Gasteiger partial charge is 0.288 e. The Kier molecular flexibility index (Phi) is 3.99. The van der Waals surface area contributed by atoms with E-state index in [-0.39, 0.29) is 16.4 Å². The Morgan fingerprint density at radius 3 is 2.50 bits per heavy atom. The number of carbonyl (C=O) groups excluding carboxylic acids is 2. The molecule has 20 heavy (non-hydrogen) atoms. The Morgan fingerprint density at radius 1 is 1.25 bits per heavy atom. The van der Waals surface area contributed by atoms with Crippen molar-refractivity contribution in [2.75, 3.05) is 0 Å². The summed E-state index contributed by atoms with van der Waals surface area (Å²) >= 11 is 5.96. The zero-order chi connectivity index (χ0) is 14.7. The maximum absolute atomic E-state index is 12.0. The maximum atomic E-state index is 12.0. The second-order valence-electron chi connectivity index (χ2n) is 4.00. The third kappa shape index (κ3) is 2.77. The molecule has 0 atom stereocenters. The summed E-state index contributed by atoms with van der Waals surface area (Å²) in [5.74, 6) is -1.05. The lowest BCUT2D eigenvalue weighted by Gasteiger charge is -2.06. The molecule has 0 aliphatic carbocycles. The highest BCUT2D eigenvalue weighted by atomic mass is 35.5. The van der Waals surface area contributed by atoms with Gasteiger partial charge < -0.3 is 0 Å². The minimum atomic E-state index is -0.537. The van der Waals surface area contributed by atoms with Crippen LogP contribution in [0.3, 0.4) is 0 Å². The normalized spacial score (nSPS) is 10.2. The van der Waals surface area contributed by atoms with Gasteiger partial charge in [-0.25, -0.2) is 0 Å². The highest BCUT2D eigenvalue weighted by Crippen LogP contribution is 2.17. The van der Waals surface area contributed by atoms with Crippen molar-refractivity contribution in [3.63, 3.8) is 0 Å². The molecule has 0 saturated heterocycles. The topological polar surface area (TPSA) is 88.9 Å². The van der Waals surface area contributed by atoms with Gasteiger partial charge in [-0.1, -0.05) is 17.7 Å². The average Bonchev–Trinajstić information content (AvgIpc) is 2.70. The van der Waals surface area contributed by atoms with Crippen molar-refractivity contribution < 1.29 is 9.59 Å². The van der Waals surface area contributed by atoms with Crippen LogP contribution in [-0.4, -0.2) is 26.6 Å². The number of hydrogen-bond donors (Lipinski definition) is 2. The van der Waals surface area contributed by atoms with Crippen molar-refractivity contribution in [1.29, 1.82) is 0 Å². The third-order valence-corrected chi connectivity index (χ3v) is 3.00. The molecule has 7 nitrogen and oxygen atoms in total. The fourth-order valence-electron chi connectivity index (χ4n) is 1.63. The van der Waals surface area contributed by atoms with Crippen LogP contribution in [0.15, 0.2) is 24.4 Å². The summed E-state index contributed by atoms with van der Waals surface area (Å²) in [6, 6.07) is 4.89. The molecule has 8 heteroatoms.